The van der Waals surface area contributed by atoms with Gasteiger partial charge in [0.05, 0.1) is 10.2 Å². The van der Waals surface area contributed by atoms with Crippen molar-refractivity contribution in [2.24, 2.45) is 0 Å². The van der Waals surface area contributed by atoms with Crippen LogP contribution >= 0.6 is 11.3 Å². The molecule has 0 radical (unpaired) electrons. The van der Waals surface area contributed by atoms with E-state index < -0.39 is 0 Å². The zero-order valence-corrected chi connectivity index (χ0v) is 18.0. The number of fused-ring (bicyclic) bond motifs is 2. The van der Waals surface area contributed by atoms with E-state index in [-0.39, 0.29) is 5.91 Å². The number of likely N-dealkylation sites (N-methyl/N-ethyl adjacent to an activating group) is 1. The number of thiazole rings is 1. The highest BCUT2D eigenvalue weighted by atomic mass is 32.1. The molecule has 1 amide bonds. The molecule has 0 saturated carbocycles. The van der Waals surface area contributed by atoms with Gasteiger partial charge in [0.15, 0.2) is 16.6 Å². The van der Waals surface area contributed by atoms with Crippen molar-refractivity contribution in [3.63, 3.8) is 0 Å². The molecule has 1 aromatic heterocycles. The van der Waals surface area contributed by atoms with Crippen LogP contribution in [0.3, 0.4) is 0 Å². The summed E-state index contributed by atoms with van der Waals surface area (Å²) < 4.78 is 12.3. The molecule has 2 aromatic carbocycles. The topological polar surface area (TPSA) is 54.9 Å². The van der Waals surface area contributed by atoms with E-state index in [4.69, 9.17) is 14.5 Å². The van der Waals surface area contributed by atoms with E-state index in [2.05, 4.69) is 30.9 Å². The number of carbonyl (C=O) groups excluding carboxylic acids is 1. The number of aromatic nitrogens is 1. The molecule has 3 aromatic rings. The molecule has 1 aliphatic heterocycles. The fourth-order valence-electron chi connectivity index (χ4n) is 3.39. The lowest BCUT2D eigenvalue weighted by molar-refractivity contribution is 0.0984. The Hall–Kier alpha value is -2.64. The summed E-state index contributed by atoms with van der Waals surface area (Å²) in [4.78, 5) is 22.1. The third-order valence-electron chi connectivity index (χ3n) is 4.85. The Bertz CT molecular complexity index is 1060. The van der Waals surface area contributed by atoms with Crippen molar-refractivity contribution in [3.8, 4) is 11.5 Å². The minimum absolute atomic E-state index is 0.0859. The monoisotopic (exact) mass is 411 g/mol. The molecular formula is C22H25N3O3S. The molecule has 0 aliphatic carbocycles. The summed E-state index contributed by atoms with van der Waals surface area (Å²) in [6.07, 6.45) is 0. The second kappa shape index (κ2) is 8.00. The van der Waals surface area contributed by atoms with Crippen molar-refractivity contribution in [2.75, 3.05) is 45.3 Å². The average molecular weight is 412 g/mol. The van der Waals surface area contributed by atoms with Gasteiger partial charge in [0.1, 0.15) is 13.2 Å². The third kappa shape index (κ3) is 4.06. The van der Waals surface area contributed by atoms with Crippen LogP contribution in [0.25, 0.3) is 10.2 Å². The summed E-state index contributed by atoms with van der Waals surface area (Å²) in [5, 5.41) is 0.718. The lowest BCUT2D eigenvalue weighted by Gasteiger charge is -2.23. The van der Waals surface area contributed by atoms with Gasteiger partial charge in [-0.2, -0.15) is 0 Å². The van der Waals surface area contributed by atoms with E-state index in [1.165, 1.54) is 5.56 Å². The molecular weight excluding hydrogens is 386 g/mol. The maximum Gasteiger partial charge on any atom is 0.260 e. The molecule has 152 valence electrons. The fraction of sp³-hybridized carbons (Fsp3) is 0.364. The van der Waals surface area contributed by atoms with Crippen molar-refractivity contribution in [1.29, 1.82) is 0 Å². The summed E-state index contributed by atoms with van der Waals surface area (Å²) in [7, 11) is 4.00. The van der Waals surface area contributed by atoms with E-state index >= 15 is 0 Å². The van der Waals surface area contributed by atoms with Crippen molar-refractivity contribution in [2.45, 2.75) is 13.8 Å². The van der Waals surface area contributed by atoms with Gasteiger partial charge in [0, 0.05) is 18.7 Å². The van der Waals surface area contributed by atoms with E-state index in [0.29, 0.717) is 36.8 Å². The molecule has 6 nitrogen and oxygen atoms in total. The number of rotatable bonds is 5. The number of carbonyl (C=O) groups is 1. The van der Waals surface area contributed by atoms with Crippen molar-refractivity contribution >= 4 is 32.6 Å². The molecule has 0 fully saturated rings. The number of hydrogen-bond acceptors (Lipinski definition) is 6. The molecule has 0 N–H and O–H groups in total. The normalized spacial score (nSPS) is 13.1. The van der Waals surface area contributed by atoms with Crippen molar-refractivity contribution in [3.05, 3.63) is 47.0 Å². The summed E-state index contributed by atoms with van der Waals surface area (Å²) in [5.74, 6) is 1.21. The largest absolute Gasteiger partial charge is 0.486 e. The van der Waals surface area contributed by atoms with Crippen LogP contribution in [0.1, 0.15) is 21.5 Å². The first kappa shape index (κ1) is 19.7. The highest BCUT2D eigenvalue weighted by Gasteiger charge is 2.24. The van der Waals surface area contributed by atoms with Crippen molar-refractivity contribution < 1.29 is 14.3 Å². The Morgan fingerprint density at radius 3 is 2.59 bits per heavy atom. The highest BCUT2D eigenvalue weighted by Crippen LogP contribution is 2.34. The third-order valence-corrected chi connectivity index (χ3v) is 5.88. The Kier molecular flexibility index (Phi) is 5.43. The summed E-state index contributed by atoms with van der Waals surface area (Å²) >= 11 is 1.56. The smallest absolute Gasteiger partial charge is 0.260 e. The van der Waals surface area contributed by atoms with Gasteiger partial charge in [-0.05, 0) is 63.3 Å². The second-order valence-electron chi connectivity index (χ2n) is 7.54. The first-order chi connectivity index (χ1) is 13.9. The zero-order valence-electron chi connectivity index (χ0n) is 17.2. The van der Waals surface area contributed by atoms with Crippen molar-refractivity contribution in [1.82, 2.24) is 9.88 Å². The summed E-state index contributed by atoms with van der Waals surface area (Å²) in [5.41, 5.74) is 3.85. The molecule has 1 aliphatic rings. The molecule has 4 rings (SSSR count). The summed E-state index contributed by atoms with van der Waals surface area (Å²) in [6, 6.07) is 9.61. The fourth-order valence-corrected chi connectivity index (χ4v) is 4.56. The lowest BCUT2D eigenvalue weighted by Crippen LogP contribution is -2.36. The Morgan fingerprint density at radius 1 is 1.07 bits per heavy atom. The number of aryl methyl sites for hydroxylation is 2. The molecule has 0 saturated heterocycles. The van der Waals surface area contributed by atoms with E-state index in [1.54, 1.807) is 34.4 Å². The first-order valence-electron chi connectivity index (χ1n) is 9.66. The number of amides is 1. The van der Waals surface area contributed by atoms with E-state index in [9.17, 15) is 4.79 Å². The van der Waals surface area contributed by atoms with Crippen LogP contribution in [0.5, 0.6) is 11.5 Å². The van der Waals surface area contributed by atoms with Crippen LogP contribution in [-0.4, -0.2) is 56.2 Å². The van der Waals surface area contributed by atoms with E-state index in [1.807, 2.05) is 14.1 Å². The van der Waals surface area contributed by atoms with Gasteiger partial charge in [0.2, 0.25) is 0 Å². The lowest BCUT2D eigenvalue weighted by atomic mass is 10.1. The standard InChI is InChI=1S/C22H25N3O3S/c1-14-11-15(2)20-19(12-14)29-22(23-20)25(8-7-24(3)4)21(26)16-5-6-17-18(13-16)28-10-9-27-17/h5-6,11-13H,7-10H2,1-4H3. The van der Waals surface area contributed by atoms with Crippen LogP contribution in [0.4, 0.5) is 5.13 Å². The van der Waals surface area contributed by atoms with Gasteiger partial charge in [-0.25, -0.2) is 4.98 Å². The number of anilines is 1. The number of hydrogen-bond donors (Lipinski definition) is 0. The highest BCUT2D eigenvalue weighted by molar-refractivity contribution is 7.22. The second-order valence-corrected chi connectivity index (χ2v) is 8.55. The van der Waals surface area contributed by atoms with E-state index in [0.717, 1.165) is 27.5 Å². The molecule has 7 heteroatoms. The Morgan fingerprint density at radius 2 is 1.83 bits per heavy atom. The Balaban J connectivity index is 1.72. The predicted molar refractivity (Wildman–Crippen MR) is 117 cm³/mol. The average Bonchev–Trinajstić information content (AvgIpc) is 3.11. The van der Waals surface area contributed by atoms with Crippen LogP contribution in [0.15, 0.2) is 30.3 Å². The number of benzene rings is 2. The first-order valence-corrected chi connectivity index (χ1v) is 10.5. The van der Waals surface area contributed by atoms with Gasteiger partial charge in [0.25, 0.3) is 5.91 Å². The van der Waals surface area contributed by atoms with Crippen LogP contribution in [-0.2, 0) is 0 Å². The van der Waals surface area contributed by atoms with Gasteiger partial charge in [-0.1, -0.05) is 17.4 Å². The minimum Gasteiger partial charge on any atom is -0.486 e. The number of nitrogens with zero attached hydrogens (tertiary/aromatic N) is 3. The molecule has 2 heterocycles. The molecule has 0 unspecified atom stereocenters. The zero-order chi connectivity index (χ0) is 20.5. The molecule has 29 heavy (non-hydrogen) atoms. The van der Waals surface area contributed by atoms with Gasteiger partial charge in [-0.3, -0.25) is 9.69 Å². The van der Waals surface area contributed by atoms with Crippen LogP contribution in [0, 0.1) is 13.8 Å². The maximum atomic E-state index is 13.5. The quantitative estimate of drug-likeness (QED) is 0.638. The molecule has 0 bridgehead atoms. The summed E-state index contributed by atoms with van der Waals surface area (Å²) in [6.45, 7) is 6.45. The van der Waals surface area contributed by atoms with Gasteiger partial charge in [-0.15, -0.1) is 0 Å². The maximum absolute atomic E-state index is 13.5. The number of ether oxygens (including phenoxy) is 2. The van der Waals surface area contributed by atoms with Crippen LogP contribution < -0.4 is 14.4 Å². The predicted octanol–water partition coefficient (Wildman–Crippen LogP) is 3.89. The molecule has 0 atom stereocenters. The SMILES string of the molecule is Cc1cc(C)c2nc(N(CCN(C)C)C(=O)c3ccc4c(c3)OCCO4)sc2c1. The van der Waals surface area contributed by atoms with Crippen LogP contribution in [0.2, 0.25) is 0 Å². The molecule has 0 spiro atoms. The van der Waals surface area contributed by atoms with Gasteiger partial charge >= 0.3 is 0 Å². The Labute approximate surface area is 174 Å². The minimum atomic E-state index is -0.0859. The van der Waals surface area contributed by atoms with Gasteiger partial charge < -0.3 is 14.4 Å².